The zero-order valence-corrected chi connectivity index (χ0v) is 14.0. The Labute approximate surface area is 138 Å². The predicted molar refractivity (Wildman–Crippen MR) is 91.4 cm³/mol. The molecule has 2 amide bonds. The Morgan fingerprint density at radius 2 is 2.04 bits per heavy atom. The van der Waals surface area contributed by atoms with E-state index in [1.165, 1.54) is 0 Å². The van der Waals surface area contributed by atoms with Gasteiger partial charge in [-0.05, 0) is 63.1 Å². The number of amides is 2. The number of ether oxygens (including phenoxy) is 1. The molecule has 5 nitrogen and oxygen atoms in total. The maximum Gasteiger partial charge on any atom is 0.319 e. The van der Waals surface area contributed by atoms with Crippen molar-refractivity contribution in [2.45, 2.75) is 58.3 Å². The molecule has 1 fully saturated rings. The minimum atomic E-state index is -0.167. The van der Waals surface area contributed by atoms with Gasteiger partial charge in [-0.25, -0.2) is 4.79 Å². The third kappa shape index (κ3) is 6.20. The average Bonchev–Trinajstić information content (AvgIpc) is 2.54. The monoisotopic (exact) mass is 320 g/mol. The van der Waals surface area contributed by atoms with E-state index >= 15 is 0 Å². The second kappa shape index (κ2) is 8.89. The van der Waals surface area contributed by atoms with Gasteiger partial charge >= 0.3 is 6.03 Å². The molecule has 1 aliphatic rings. The molecular weight excluding hydrogens is 292 g/mol. The highest BCUT2D eigenvalue weighted by atomic mass is 16.5. The number of hydrogen-bond donors (Lipinski definition) is 3. The highest BCUT2D eigenvalue weighted by molar-refractivity contribution is 5.89. The number of anilines is 1. The van der Waals surface area contributed by atoms with E-state index in [1.807, 2.05) is 38.1 Å². The summed E-state index contributed by atoms with van der Waals surface area (Å²) in [6, 6.07) is 7.75. The molecule has 0 spiro atoms. The molecule has 1 aromatic carbocycles. The van der Waals surface area contributed by atoms with E-state index in [4.69, 9.17) is 9.84 Å². The fourth-order valence-corrected chi connectivity index (χ4v) is 2.84. The number of urea groups is 1. The molecule has 0 unspecified atom stereocenters. The third-order valence-electron chi connectivity index (χ3n) is 4.21. The summed E-state index contributed by atoms with van der Waals surface area (Å²) in [7, 11) is 0. The lowest BCUT2D eigenvalue weighted by atomic mass is 9.87. The van der Waals surface area contributed by atoms with Gasteiger partial charge in [-0.1, -0.05) is 12.1 Å². The van der Waals surface area contributed by atoms with Gasteiger partial charge in [-0.3, -0.25) is 0 Å². The van der Waals surface area contributed by atoms with E-state index < -0.39 is 0 Å². The number of carbonyl (C=O) groups is 1. The van der Waals surface area contributed by atoms with Crippen molar-refractivity contribution in [2.24, 2.45) is 5.92 Å². The van der Waals surface area contributed by atoms with Crippen LogP contribution in [-0.4, -0.2) is 29.9 Å². The van der Waals surface area contributed by atoms with Gasteiger partial charge in [-0.2, -0.15) is 0 Å². The third-order valence-corrected chi connectivity index (χ3v) is 4.21. The second-order valence-corrected chi connectivity index (χ2v) is 6.56. The maximum absolute atomic E-state index is 12.1. The maximum atomic E-state index is 12.1. The first-order valence-electron chi connectivity index (χ1n) is 8.45. The summed E-state index contributed by atoms with van der Waals surface area (Å²) in [5, 5.41) is 15.1. The first-order valence-corrected chi connectivity index (χ1v) is 8.45. The van der Waals surface area contributed by atoms with E-state index in [2.05, 4.69) is 10.6 Å². The number of benzene rings is 1. The zero-order chi connectivity index (χ0) is 16.7. The van der Waals surface area contributed by atoms with Crippen LogP contribution in [-0.2, 0) is 11.3 Å². The van der Waals surface area contributed by atoms with Crippen molar-refractivity contribution in [3.8, 4) is 0 Å². The van der Waals surface area contributed by atoms with Crippen molar-refractivity contribution in [2.75, 3.05) is 11.9 Å². The molecule has 0 atom stereocenters. The lowest BCUT2D eigenvalue weighted by molar-refractivity contribution is 0.0657. The normalized spacial score (nSPS) is 21.2. The molecule has 2 rings (SSSR count). The number of aliphatic hydroxyl groups excluding tert-OH is 1. The first kappa shape index (κ1) is 17.8. The van der Waals surface area contributed by atoms with Crippen molar-refractivity contribution in [3.63, 3.8) is 0 Å². The SMILES string of the molecule is CC(C)OCc1cccc(NC(=O)NC2CCC(CO)CC2)c1. The van der Waals surface area contributed by atoms with Crippen LogP contribution in [0.1, 0.15) is 45.1 Å². The van der Waals surface area contributed by atoms with E-state index in [1.54, 1.807) is 0 Å². The number of aliphatic hydroxyl groups is 1. The molecule has 1 saturated carbocycles. The summed E-state index contributed by atoms with van der Waals surface area (Å²) in [4.78, 5) is 12.1. The highest BCUT2D eigenvalue weighted by Gasteiger charge is 2.21. The number of nitrogens with one attached hydrogen (secondary N) is 2. The molecule has 128 valence electrons. The summed E-state index contributed by atoms with van der Waals surface area (Å²) in [6.07, 6.45) is 4.00. The smallest absolute Gasteiger partial charge is 0.319 e. The first-order chi connectivity index (χ1) is 11.1. The summed E-state index contributed by atoms with van der Waals surface area (Å²) in [5.74, 6) is 0.397. The zero-order valence-electron chi connectivity index (χ0n) is 14.0. The summed E-state index contributed by atoms with van der Waals surface area (Å²) in [6.45, 7) is 4.80. The molecule has 5 heteroatoms. The van der Waals surface area contributed by atoms with Crippen molar-refractivity contribution >= 4 is 11.7 Å². The largest absolute Gasteiger partial charge is 0.396 e. The topological polar surface area (TPSA) is 70.6 Å². The van der Waals surface area contributed by atoms with E-state index in [9.17, 15) is 4.79 Å². The molecule has 0 aromatic heterocycles. The van der Waals surface area contributed by atoms with Gasteiger partial charge in [0.05, 0.1) is 12.7 Å². The van der Waals surface area contributed by atoms with Gasteiger partial charge in [0.1, 0.15) is 0 Å². The fraction of sp³-hybridized carbons (Fsp3) is 0.611. The van der Waals surface area contributed by atoms with Gasteiger partial charge in [0, 0.05) is 18.3 Å². The van der Waals surface area contributed by atoms with Gasteiger partial charge in [0.15, 0.2) is 0 Å². The molecule has 0 aliphatic heterocycles. The van der Waals surface area contributed by atoms with Crippen LogP contribution in [0.2, 0.25) is 0 Å². The molecule has 23 heavy (non-hydrogen) atoms. The van der Waals surface area contributed by atoms with Crippen molar-refractivity contribution < 1.29 is 14.6 Å². The summed E-state index contributed by atoms with van der Waals surface area (Å²) in [5.41, 5.74) is 1.82. The van der Waals surface area contributed by atoms with Crippen molar-refractivity contribution in [3.05, 3.63) is 29.8 Å². The van der Waals surface area contributed by atoms with Crippen LogP contribution < -0.4 is 10.6 Å². The minimum Gasteiger partial charge on any atom is -0.396 e. The fourth-order valence-electron chi connectivity index (χ4n) is 2.84. The van der Waals surface area contributed by atoms with Crippen LogP contribution in [0.25, 0.3) is 0 Å². The molecule has 0 radical (unpaired) electrons. The van der Waals surface area contributed by atoms with Crippen LogP contribution in [0, 0.1) is 5.92 Å². The Balaban J connectivity index is 1.80. The molecular formula is C18H28N2O3. The van der Waals surface area contributed by atoms with Crippen LogP contribution in [0.3, 0.4) is 0 Å². The van der Waals surface area contributed by atoms with Crippen LogP contribution >= 0.6 is 0 Å². The van der Waals surface area contributed by atoms with E-state index in [-0.39, 0.29) is 24.8 Å². The van der Waals surface area contributed by atoms with Crippen LogP contribution in [0.5, 0.6) is 0 Å². The molecule has 0 saturated heterocycles. The molecule has 0 bridgehead atoms. The second-order valence-electron chi connectivity index (χ2n) is 6.56. The number of carbonyl (C=O) groups excluding carboxylic acids is 1. The Morgan fingerprint density at radius 1 is 1.30 bits per heavy atom. The molecule has 3 N–H and O–H groups in total. The molecule has 1 aliphatic carbocycles. The Hall–Kier alpha value is -1.59. The van der Waals surface area contributed by atoms with Crippen molar-refractivity contribution in [1.29, 1.82) is 0 Å². The van der Waals surface area contributed by atoms with Gasteiger partial charge < -0.3 is 20.5 Å². The predicted octanol–water partition coefficient (Wildman–Crippen LogP) is 3.28. The standard InChI is InChI=1S/C18H28N2O3/c1-13(2)23-12-15-4-3-5-17(10-15)20-18(22)19-16-8-6-14(11-21)7-9-16/h3-5,10,13-14,16,21H,6-9,11-12H2,1-2H3,(H2,19,20,22). The Morgan fingerprint density at radius 3 is 2.70 bits per heavy atom. The minimum absolute atomic E-state index is 0.167. The van der Waals surface area contributed by atoms with Gasteiger partial charge in [0.25, 0.3) is 0 Å². The Bertz CT molecular complexity index is 497. The Kier molecular flexibility index (Phi) is 6.86. The number of rotatable bonds is 6. The van der Waals surface area contributed by atoms with Crippen molar-refractivity contribution in [1.82, 2.24) is 5.32 Å². The van der Waals surface area contributed by atoms with Crippen LogP contribution in [0.4, 0.5) is 10.5 Å². The summed E-state index contributed by atoms with van der Waals surface area (Å²) >= 11 is 0. The van der Waals surface area contributed by atoms with E-state index in [0.717, 1.165) is 36.9 Å². The average molecular weight is 320 g/mol. The highest BCUT2D eigenvalue weighted by Crippen LogP contribution is 2.23. The van der Waals surface area contributed by atoms with Crippen LogP contribution in [0.15, 0.2) is 24.3 Å². The van der Waals surface area contributed by atoms with E-state index in [0.29, 0.717) is 12.5 Å². The lowest BCUT2D eigenvalue weighted by Gasteiger charge is -2.28. The lowest BCUT2D eigenvalue weighted by Crippen LogP contribution is -2.40. The van der Waals surface area contributed by atoms with Gasteiger partial charge in [0.2, 0.25) is 0 Å². The van der Waals surface area contributed by atoms with Gasteiger partial charge in [-0.15, -0.1) is 0 Å². The summed E-state index contributed by atoms with van der Waals surface area (Å²) < 4.78 is 5.58. The molecule has 1 aromatic rings. The molecule has 0 heterocycles. The number of hydrogen-bond acceptors (Lipinski definition) is 3. The quantitative estimate of drug-likeness (QED) is 0.753.